The van der Waals surface area contributed by atoms with Gasteiger partial charge in [0.2, 0.25) is 0 Å². The van der Waals surface area contributed by atoms with Crippen molar-refractivity contribution >= 4 is 28.3 Å². The van der Waals surface area contributed by atoms with Crippen LogP contribution in [0.25, 0.3) is 0 Å². The Balaban J connectivity index is 2.65. The highest BCUT2D eigenvalue weighted by atomic mass is 127. The fourth-order valence-electron chi connectivity index (χ4n) is 1.89. The average molecular weight is 304 g/mol. The summed E-state index contributed by atoms with van der Waals surface area (Å²) in [6, 6.07) is 3.64. The van der Waals surface area contributed by atoms with Crippen molar-refractivity contribution in [2.75, 3.05) is 0 Å². The van der Waals surface area contributed by atoms with Crippen LogP contribution in [-0.2, 0) is 6.42 Å². The van der Waals surface area contributed by atoms with Crippen molar-refractivity contribution in [3.63, 3.8) is 0 Å². The van der Waals surface area contributed by atoms with Crippen LogP contribution in [0, 0.1) is 13.7 Å². The third-order valence-electron chi connectivity index (χ3n) is 2.56. The molecule has 4 nitrogen and oxygen atoms in total. The molecule has 1 aliphatic rings. The molecule has 0 aromatic heterocycles. The van der Waals surface area contributed by atoms with Crippen LogP contribution < -0.4 is 5.73 Å². The van der Waals surface area contributed by atoms with E-state index in [0.29, 0.717) is 3.57 Å². The summed E-state index contributed by atoms with van der Waals surface area (Å²) < 4.78 is 0.695. The normalized spacial score (nSPS) is 19.4. The Morgan fingerprint density at radius 3 is 2.93 bits per heavy atom. The van der Waals surface area contributed by atoms with Gasteiger partial charge in [0, 0.05) is 11.6 Å². The molecule has 0 amide bonds. The van der Waals surface area contributed by atoms with Crippen molar-refractivity contribution in [3.05, 3.63) is 36.9 Å². The van der Waals surface area contributed by atoms with Crippen LogP contribution in [0.15, 0.2) is 12.1 Å². The lowest BCUT2D eigenvalue weighted by Crippen LogP contribution is -2.05. The maximum absolute atomic E-state index is 10.8. The third-order valence-corrected chi connectivity index (χ3v) is 3.43. The van der Waals surface area contributed by atoms with E-state index in [1.165, 1.54) is 0 Å². The standard InChI is InChI=1S/C9H9IN2O2/c10-7-3-1-5-6(2-4-8(5)11)9(7)12(13)14/h1,3,8H,2,4,11H2. The van der Waals surface area contributed by atoms with Gasteiger partial charge in [-0.25, -0.2) is 0 Å². The number of nitrogens with two attached hydrogens (primary N) is 1. The number of halogens is 1. The van der Waals surface area contributed by atoms with E-state index in [0.717, 1.165) is 24.0 Å². The minimum absolute atomic E-state index is 0.0271. The summed E-state index contributed by atoms with van der Waals surface area (Å²) in [6.45, 7) is 0. The van der Waals surface area contributed by atoms with Crippen LogP contribution in [0.1, 0.15) is 23.6 Å². The lowest BCUT2D eigenvalue weighted by Gasteiger charge is -2.05. The molecule has 74 valence electrons. The first kappa shape index (κ1) is 9.85. The highest BCUT2D eigenvalue weighted by Gasteiger charge is 2.28. The van der Waals surface area contributed by atoms with Gasteiger partial charge < -0.3 is 5.73 Å². The summed E-state index contributed by atoms with van der Waals surface area (Å²) in [6.07, 6.45) is 1.54. The van der Waals surface area contributed by atoms with E-state index >= 15 is 0 Å². The highest BCUT2D eigenvalue weighted by molar-refractivity contribution is 14.1. The van der Waals surface area contributed by atoms with Gasteiger partial charge in [0.1, 0.15) is 0 Å². The van der Waals surface area contributed by atoms with Crippen LogP contribution in [0.3, 0.4) is 0 Å². The summed E-state index contributed by atoms with van der Waals surface area (Å²) in [4.78, 5) is 10.5. The number of nitrogens with zero attached hydrogens (tertiary/aromatic N) is 1. The smallest absolute Gasteiger partial charge is 0.286 e. The molecule has 0 saturated heterocycles. The summed E-state index contributed by atoms with van der Waals surface area (Å²) in [5.41, 5.74) is 7.86. The first-order valence-electron chi connectivity index (χ1n) is 4.32. The molecule has 0 saturated carbocycles. The number of fused-ring (bicyclic) bond motifs is 1. The van der Waals surface area contributed by atoms with E-state index in [4.69, 9.17) is 5.73 Å². The molecule has 0 fully saturated rings. The highest BCUT2D eigenvalue weighted by Crippen LogP contribution is 2.37. The SMILES string of the molecule is NC1CCc2c1ccc(I)c2[N+](=O)[O-]. The molecular weight excluding hydrogens is 295 g/mol. The Bertz CT molecular complexity index is 406. The first-order valence-corrected chi connectivity index (χ1v) is 5.40. The number of nitro benzene ring substituents is 1. The van der Waals surface area contributed by atoms with Crippen LogP contribution in [0.4, 0.5) is 5.69 Å². The van der Waals surface area contributed by atoms with E-state index in [1.54, 1.807) is 6.07 Å². The lowest BCUT2D eigenvalue weighted by atomic mass is 10.1. The fourth-order valence-corrected chi connectivity index (χ4v) is 2.59. The minimum Gasteiger partial charge on any atom is -0.324 e. The van der Waals surface area contributed by atoms with Gasteiger partial charge in [0.25, 0.3) is 5.69 Å². The predicted octanol–water partition coefficient (Wildman–Crippen LogP) is 2.15. The zero-order chi connectivity index (χ0) is 10.3. The maximum Gasteiger partial charge on any atom is 0.286 e. The Morgan fingerprint density at radius 2 is 2.29 bits per heavy atom. The molecule has 1 aromatic carbocycles. The Morgan fingerprint density at radius 1 is 1.57 bits per heavy atom. The van der Waals surface area contributed by atoms with Gasteiger partial charge in [0.15, 0.2) is 0 Å². The van der Waals surface area contributed by atoms with Gasteiger partial charge in [-0.1, -0.05) is 6.07 Å². The maximum atomic E-state index is 10.8. The van der Waals surface area contributed by atoms with E-state index in [-0.39, 0.29) is 16.7 Å². The molecule has 2 N–H and O–H groups in total. The first-order chi connectivity index (χ1) is 6.61. The molecule has 0 spiro atoms. The Hall–Kier alpha value is -0.690. The van der Waals surface area contributed by atoms with Gasteiger partial charge in [-0.3, -0.25) is 10.1 Å². The predicted molar refractivity (Wildman–Crippen MR) is 61.1 cm³/mol. The molecular formula is C9H9IN2O2. The van der Waals surface area contributed by atoms with E-state index in [2.05, 4.69) is 0 Å². The molecule has 1 aliphatic carbocycles. The molecule has 1 unspecified atom stereocenters. The van der Waals surface area contributed by atoms with Crippen molar-refractivity contribution in [2.24, 2.45) is 5.73 Å². The molecule has 1 aromatic rings. The second kappa shape index (κ2) is 3.47. The third kappa shape index (κ3) is 1.40. The molecule has 14 heavy (non-hydrogen) atoms. The number of hydrogen-bond acceptors (Lipinski definition) is 3. The molecule has 1 atom stereocenters. The summed E-state index contributed by atoms with van der Waals surface area (Å²) >= 11 is 1.99. The van der Waals surface area contributed by atoms with E-state index in [1.807, 2.05) is 28.7 Å². The van der Waals surface area contributed by atoms with Crippen molar-refractivity contribution in [1.82, 2.24) is 0 Å². The van der Waals surface area contributed by atoms with E-state index in [9.17, 15) is 10.1 Å². The number of nitro groups is 1. The van der Waals surface area contributed by atoms with Crippen molar-refractivity contribution in [1.29, 1.82) is 0 Å². The molecule has 0 radical (unpaired) electrons. The molecule has 0 heterocycles. The summed E-state index contributed by atoms with van der Waals surface area (Å²) in [7, 11) is 0. The molecule has 2 rings (SSSR count). The topological polar surface area (TPSA) is 69.2 Å². The largest absolute Gasteiger partial charge is 0.324 e. The second-order valence-corrected chi connectivity index (χ2v) is 4.53. The summed E-state index contributed by atoms with van der Waals surface area (Å²) in [5.74, 6) is 0. The van der Waals surface area contributed by atoms with Crippen LogP contribution in [0.2, 0.25) is 0 Å². The number of benzene rings is 1. The number of rotatable bonds is 1. The van der Waals surface area contributed by atoms with E-state index < -0.39 is 0 Å². The molecule has 0 aliphatic heterocycles. The van der Waals surface area contributed by atoms with Gasteiger partial charge in [0.05, 0.1) is 8.49 Å². The Labute approximate surface area is 94.8 Å². The van der Waals surface area contributed by atoms with Gasteiger partial charge >= 0.3 is 0 Å². The van der Waals surface area contributed by atoms with Crippen LogP contribution in [-0.4, -0.2) is 4.92 Å². The van der Waals surface area contributed by atoms with Gasteiger partial charge in [-0.15, -0.1) is 0 Å². The minimum atomic E-state index is -0.307. The zero-order valence-electron chi connectivity index (χ0n) is 7.37. The fraction of sp³-hybridized carbons (Fsp3) is 0.333. The van der Waals surface area contributed by atoms with Crippen molar-refractivity contribution in [2.45, 2.75) is 18.9 Å². The average Bonchev–Trinajstić information content (AvgIpc) is 2.47. The monoisotopic (exact) mass is 304 g/mol. The van der Waals surface area contributed by atoms with Crippen molar-refractivity contribution < 1.29 is 4.92 Å². The van der Waals surface area contributed by atoms with Gasteiger partial charge in [-0.05, 0) is 47.1 Å². The van der Waals surface area contributed by atoms with Crippen LogP contribution >= 0.6 is 22.6 Å². The quantitative estimate of drug-likeness (QED) is 0.491. The summed E-state index contributed by atoms with van der Waals surface area (Å²) in [5, 5.41) is 10.8. The molecule has 0 bridgehead atoms. The zero-order valence-corrected chi connectivity index (χ0v) is 9.52. The Kier molecular flexibility index (Phi) is 2.44. The van der Waals surface area contributed by atoms with Crippen molar-refractivity contribution in [3.8, 4) is 0 Å². The molecule has 5 heteroatoms. The van der Waals surface area contributed by atoms with Gasteiger partial charge in [-0.2, -0.15) is 0 Å². The van der Waals surface area contributed by atoms with Crippen LogP contribution in [0.5, 0.6) is 0 Å². The lowest BCUT2D eigenvalue weighted by molar-refractivity contribution is -0.386. The second-order valence-electron chi connectivity index (χ2n) is 3.37. The number of hydrogen-bond donors (Lipinski definition) is 1.